The van der Waals surface area contributed by atoms with Crippen LogP contribution in [-0.4, -0.2) is 36.6 Å². The Morgan fingerprint density at radius 1 is 1.06 bits per heavy atom. The molecule has 2 rings (SSSR count). The summed E-state index contributed by atoms with van der Waals surface area (Å²) in [6, 6.07) is 1.59. The molecule has 2 nitrogen and oxygen atoms in total. The Morgan fingerprint density at radius 3 is 2.39 bits per heavy atom. The van der Waals surface area contributed by atoms with E-state index in [1.807, 2.05) is 0 Å². The fourth-order valence-corrected chi connectivity index (χ4v) is 3.86. The predicted octanol–water partition coefficient (Wildman–Crippen LogP) is 3.28. The number of rotatable bonds is 4. The van der Waals surface area contributed by atoms with Crippen molar-refractivity contribution in [3.05, 3.63) is 0 Å². The Balaban J connectivity index is 1.71. The Morgan fingerprint density at radius 2 is 1.78 bits per heavy atom. The fourth-order valence-electron chi connectivity index (χ4n) is 3.86. The van der Waals surface area contributed by atoms with E-state index in [1.165, 1.54) is 58.2 Å². The summed E-state index contributed by atoms with van der Waals surface area (Å²) in [5.74, 6) is 1.83. The van der Waals surface area contributed by atoms with Gasteiger partial charge in [-0.2, -0.15) is 0 Å². The second kappa shape index (κ2) is 6.91. The van der Waals surface area contributed by atoms with Gasteiger partial charge in [0.1, 0.15) is 0 Å². The second-order valence-electron chi connectivity index (χ2n) is 6.78. The smallest absolute Gasteiger partial charge is 0.00955 e. The number of nitrogens with one attached hydrogen (secondary N) is 1. The van der Waals surface area contributed by atoms with Crippen molar-refractivity contribution in [3.63, 3.8) is 0 Å². The molecule has 0 amide bonds. The van der Waals surface area contributed by atoms with Crippen LogP contribution in [0.15, 0.2) is 0 Å². The van der Waals surface area contributed by atoms with Crippen LogP contribution in [0.4, 0.5) is 0 Å². The van der Waals surface area contributed by atoms with E-state index in [1.54, 1.807) is 0 Å². The third-order valence-electron chi connectivity index (χ3n) is 5.01. The summed E-state index contributed by atoms with van der Waals surface area (Å²) >= 11 is 0. The van der Waals surface area contributed by atoms with Gasteiger partial charge < -0.3 is 10.2 Å². The van der Waals surface area contributed by atoms with Crippen LogP contribution in [0.1, 0.15) is 59.3 Å². The van der Waals surface area contributed by atoms with Crippen molar-refractivity contribution in [1.82, 2.24) is 10.2 Å². The van der Waals surface area contributed by atoms with Crippen molar-refractivity contribution >= 4 is 0 Å². The number of likely N-dealkylation sites (tertiary alicyclic amines) is 1. The number of hydrogen-bond donors (Lipinski definition) is 1. The van der Waals surface area contributed by atoms with Gasteiger partial charge in [0.15, 0.2) is 0 Å². The van der Waals surface area contributed by atoms with Gasteiger partial charge >= 0.3 is 0 Å². The first-order valence-electron chi connectivity index (χ1n) is 8.17. The van der Waals surface area contributed by atoms with Crippen LogP contribution in [0, 0.1) is 11.8 Å². The minimum Gasteiger partial charge on any atom is -0.311 e. The molecule has 3 atom stereocenters. The molecule has 1 aliphatic carbocycles. The Bertz CT molecular complexity index is 233. The minimum absolute atomic E-state index is 0.791. The van der Waals surface area contributed by atoms with Gasteiger partial charge in [-0.05, 0) is 70.0 Å². The Kier molecular flexibility index (Phi) is 5.50. The normalized spacial score (nSPS) is 35.8. The van der Waals surface area contributed by atoms with Crippen LogP contribution in [0.5, 0.6) is 0 Å². The molecule has 2 aliphatic rings. The van der Waals surface area contributed by atoms with Crippen LogP contribution >= 0.6 is 0 Å². The third-order valence-corrected chi connectivity index (χ3v) is 5.01. The molecule has 0 aromatic carbocycles. The maximum atomic E-state index is 3.96. The van der Waals surface area contributed by atoms with Gasteiger partial charge in [-0.3, -0.25) is 0 Å². The SMILES string of the molecule is CCCN1CCC(NC2CCC(C)CC2C)CC1. The van der Waals surface area contributed by atoms with Crippen LogP contribution in [0.3, 0.4) is 0 Å². The van der Waals surface area contributed by atoms with Crippen molar-refractivity contribution in [2.24, 2.45) is 11.8 Å². The summed E-state index contributed by atoms with van der Waals surface area (Å²) in [6.07, 6.45) is 8.27. The zero-order valence-corrected chi connectivity index (χ0v) is 12.6. The lowest BCUT2D eigenvalue weighted by Gasteiger charge is -2.39. The molecule has 0 spiro atoms. The van der Waals surface area contributed by atoms with Gasteiger partial charge in [-0.15, -0.1) is 0 Å². The Hall–Kier alpha value is -0.0800. The van der Waals surface area contributed by atoms with Crippen LogP contribution in [-0.2, 0) is 0 Å². The summed E-state index contributed by atoms with van der Waals surface area (Å²) in [6.45, 7) is 11.1. The lowest BCUT2D eigenvalue weighted by atomic mass is 9.79. The zero-order chi connectivity index (χ0) is 13.0. The number of hydrogen-bond acceptors (Lipinski definition) is 2. The highest BCUT2D eigenvalue weighted by molar-refractivity contribution is 4.86. The highest BCUT2D eigenvalue weighted by Gasteiger charge is 2.28. The lowest BCUT2D eigenvalue weighted by Crippen LogP contribution is -2.49. The molecule has 18 heavy (non-hydrogen) atoms. The van der Waals surface area contributed by atoms with Gasteiger partial charge in [0, 0.05) is 12.1 Å². The van der Waals surface area contributed by atoms with Crippen molar-refractivity contribution in [2.75, 3.05) is 19.6 Å². The van der Waals surface area contributed by atoms with Gasteiger partial charge in [-0.1, -0.05) is 20.8 Å². The van der Waals surface area contributed by atoms with E-state index in [4.69, 9.17) is 0 Å². The highest BCUT2D eigenvalue weighted by atomic mass is 15.1. The van der Waals surface area contributed by atoms with E-state index in [2.05, 4.69) is 31.0 Å². The van der Waals surface area contributed by atoms with Gasteiger partial charge in [-0.25, -0.2) is 0 Å². The van der Waals surface area contributed by atoms with Crippen LogP contribution in [0.2, 0.25) is 0 Å². The quantitative estimate of drug-likeness (QED) is 0.826. The molecule has 2 fully saturated rings. The monoisotopic (exact) mass is 252 g/mol. The Labute approximate surface area is 114 Å². The molecular weight excluding hydrogens is 220 g/mol. The number of nitrogens with zero attached hydrogens (tertiary/aromatic N) is 1. The zero-order valence-electron chi connectivity index (χ0n) is 12.6. The summed E-state index contributed by atoms with van der Waals surface area (Å²) in [7, 11) is 0. The van der Waals surface area contributed by atoms with Gasteiger partial charge in [0.25, 0.3) is 0 Å². The number of piperidine rings is 1. The minimum atomic E-state index is 0.791. The van der Waals surface area contributed by atoms with E-state index in [0.29, 0.717) is 0 Å². The van der Waals surface area contributed by atoms with Crippen molar-refractivity contribution in [2.45, 2.75) is 71.4 Å². The van der Waals surface area contributed by atoms with Gasteiger partial charge in [0.2, 0.25) is 0 Å². The van der Waals surface area contributed by atoms with Gasteiger partial charge in [0.05, 0.1) is 0 Å². The molecule has 0 bridgehead atoms. The third kappa shape index (κ3) is 3.96. The molecule has 0 aromatic rings. The first-order chi connectivity index (χ1) is 8.69. The lowest BCUT2D eigenvalue weighted by molar-refractivity contribution is 0.160. The topological polar surface area (TPSA) is 15.3 Å². The summed E-state index contributed by atoms with van der Waals surface area (Å²) < 4.78 is 0. The molecule has 0 aromatic heterocycles. The summed E-state index contributed by atoms with van der Waals surface area (Å²) in [5.41, 5.74) is 0. The second-order valence-corrected chi connectivity index (χ2v) is 6.78. The van der Waals surface area contributed by atoms with E-state index < -0.39 is 0 Å². The van der Waals surface area contributed by atoms with E-state index in [-0.39, 0.29) is 0 Å². The van der Waals surface area contributed by atoms with Crippen LogP contribution in [0.25, 0.3) is 0 Å². The average molecular weight is 252 g/mol. The molecule has 2 heteroatoms. The maximum absolute atomic E-state index is 3.96. The largest absolute Gasteiger partial charge is 0.311 e. The maximum Gasteiger partial charge on any atom is 0.00955 e. The molecule has 106 valence electrons. The molecule has 1 aliphatic heterocycles. The molecule has 0 radical (unpaired) electrons. The first kappa shape index (κ1) is 14.3. The molecule has 1 saturated carbocycles. The summed E-state index contributed by atoms with van der Waals surface area (Å²) in [5, 5.41) is 3.96. The van der Waals surface area contributed by atoms with Crippen molar-refractivity contribution in [3.8, 4) is 0 Å². The van der Waals surface area contributed by atoms with Crippen LogP contribution < -0.4 is 5.32 Å². The summed E-state index contributed by atoms with van der Waals surface area (Å²) in [4.78, 5) is 2.63. The molecule has 1 heterocycles. The fraction of sp³-hybridized carbons (Fsp3) is 1.00. The highest BCUT2D eigenvalue weighted by Crippen LogP contribution is 2.29. The van der Waals surface area contributed by atoms with E-state index in [0.717, 1.165) is 23.9 Å². The van der Waals surface area contributed by atoms with E-state index >= 15 is 0 Å². The van der Waals surface area contributed by atoms with Crippen molar-refractivity contribution < 1.29 is 0 Å². The average Bonchev–Trinajstić information content (AvgIpc) is 2.35. The standard InChI is InChI=1S/C16H32N2/c1-4-9-18-10-7-15(8-11-18)17-16-6-5-13(2)12-14(16)3/h13-17H,4-12H2,1-3H3. The first-order valence-corrected chi connectivity index (χ1v) is 8.17. The van der Waals surface area contributed by atoms with E-state index in [9.17, 15) is 0 Å². The predicted molar refractivity (Wildman–Crippen MR) is 78.9 cm³/mol. The molecular formula is C16H32N2. The molecule has 1 saturated heterocycles. The van der Waals surface area contributed by atoms with Crippen molar-refractivity contribution in [1.29, 1.82) is 0 Å². The molecule has 1 N–H and O–H groups in total. The molecule has 3 unspecified atom stereocenters.